The van der Waals surface area contributed by atoms with Crippen molar-refractivity contribution in [2.75, 3.05) is 7.11 Å². The van der Waals surface area contributed by atoms with Gasteiger partial charge in [0.1, 0.15) is 5.75 Å². The highest BCUT2D eigenvalue weighted by Gasteiger charge is 2.13. The fourth-order valence-electron chi connectivity index (χ4n) is 2.20. The van der Waals surface area contributed by atoms with E-state index in [1.165, 1.54) is 0 Å². The zero-order chi connectivity index (χ0) is 13.8. The molecule has 1 aromatic heterocycles. The summed E-state index contributed by atoms with van der Waals surface area (Å²) in [5.41, 5.74) is 2.89. The lowest BCUT2D eigenvalue weighted by Crippen LogP contribution is -2.08. The van der Waals surface area contributed by atoms with Gasteiger partial charge in [0, 0.05) is 18.7 Å². The van der Waals surface area contributed by atoms with Crippen LogP contribution < -0.4 is 4.74 Å². The number of methoxy groups -OCH3 is 1. The minimum Gasteiger partial charge on any atom is -0.497 e. The highest BCUT2D eigenvalue weighted by atomic mass is 16.5. The normalized spacial score (nSPS) is 12.4. The number of hydrogen-bond acceptors (Lipinski definition) is 3. The minimum absolute atomic E-state index is 0.545. The number of benzene rings is 1. The van der Waals surface area contributed by atoms with Crippen molar-refractivity contribution in [3.05, 3.63) is 47.3 Å². The molecule has 4 nitrogen and oxygen atoms in total. The molecule has 19 heavy (non-hydrogen) atoms. The van der Waals surface area contributed by atoms with Crippen LogP contribution in [0.4, 0.5) is 0 Å². The number of aliphatic hydroxyl groups excluding tert-OH is 1. The molecule has 1 atom stereocenters. The van der Waals surface area contributed by atoms with Crippen LogP contribution in [0.5, 0.6) is 5.75 Å². The van der Waals surface area contributed by atoms with Crippen LogP contribution in [0.3, 0.4) is 0 Å². The van der Waals surface area contributed by atoms with E-state index < -0.39 is 6.10 Å². The Morgan fingerprint density at radius 1 is 1.37 bits per heavy atom. The Morgan fingerprint density at radius 3 is 2.84 bits per heavy atom. The second-order valence-corrected chi connectivity index (χ2v) is 4.59. The van der Waals surface area contributed by atoms with Crippen molar-refractivity contribution in [1.29, 1.82) is 0 Å². The summed E-state index contributed by atoms with van der Waals surface area (Å²) in [7, 11) is 1.63. The molecule has 1 unspecified atom stereocenters. The Labute approximate surface area is 113 Å². The summed E-state index contributed by atoms with van der Waals surface area (Å²) >= 11 is 0. The monoisotopic (exact) mass is 260 g/mol. The number of aliphatic hydroxyl groups is 1. The predicted molar refractivity (Wildman–Crippen MR) is 74.3 cm³/mol. The standard InChI is InChI=1S/C15H20N2O2/c1-4-17-13(8-11(2)16-17)10-15(18)12-6-5-7-14(9-12)19-3/h5-9,15,18H,4,10H2,1-3H3. The van der Waals surface area contributed by atoms with E-state index in [1.807, 2.05) is 48.9 Å². The molecule has 0 aliphatic heterocycles. The Balaban J connectivity index is 2.17. The molecule has 1 N–H and O–H groups in total. The third kappa shape index (κ3) is 3.15. The SMILES string of the molecule is CCn1nc(C)cc1CC(O)c1cccc(OC)c1. The van der Waals surface area contributed by atoms with Crippen LogP contribution in [0, 0.1) is 6.92 Å². The number of aryl methyl sites for hydroxylation is 2. The van der Waals surface area contributed by atoms with Crippen molar-refractivity contribution in [2.45, 2.75) is 32.9 Å². The quantitative estimate of drug-likeness (QED) is 0.898. The van der Waals surface area contributed by atoms with Crippen LogP contribution in [0.2, 0.25) is 0 Å². The molecule has 0 saturated carbocycles. The van der Waals surface area contributed by atoms with E-state index in [1.54, 1.807) is 7.11 Å². The zero-order valence-electron chi connectivity index (χ0n) is 11.6. The molecule has 0 radical (unpaired) electrons. The van der Waals surface area contributed by atoms with Gasteiger partial charge in [0.15, 0.2) is 0 Å². The summed E-state index contributed by atoms with van der Waals surface area (Å²) in [5, 5.41) is 14.7. The van der Waals surface area contributed by atoms with Crippen molar-refractivity contribution in [3.63, 3.8) is 0 Å². The average Bonchev–Trinajstić information content (AvgIpc) is 2.78. The number of nitrogens with zero attached hydrogens (tertiary/aromatic N) is 2. The molecule has 0 fully saturated rings. The van der Waals surface area contributed by atoms with Gasteiger partial charge in [0.2, 0.25) is 0 Å². The van der Waals surface area contributed by atoms with Gasteiger partial charge in [-0.15, -0.1) is 0 Å². The molecule has 0 spiro atoms. The first-order valence-corrected chi connectivity index (χ1v) is 6.49. The van der Waals surface area contributed by atoms with E-state index in [2.05, 4.69) is 5.10 Å². The Kier molecular flexibility index (Phi) is 4.22. The van der Waals surface area contributed by atoms with Crippen molar-refractivity contribution in [2.24, 2.45) is 0 Å². The van der Waals surface area contributed by atoms with Crippen LogP contribution in [-0.4, -0.2) is 22.0 Å². The molecule has 102 valence electrons. The van der Waals surface area contributed by atoms with Gasteiger partial charge < -0.3 is 9.84 Å². The van der Waals surface area contributed by atoms with Gasteiger partial charge in [-0.05, 0) is 37.6 Å². The molecule has 0 aliphatic carbocycles. The second-order valence-electron chi connectivity index (χ2n) is 4.59. The van der Waals surface area contributed by atoms with Crippen LogP contribution in [0.15, 0.2) is 30.3 Å². The fourth-order valence-corrected chi connectivity index (χ4v) is 2.20. The minimum atomic E-state index is -0.545. The maximum absolute atomic E-state index is 10.3. The first-order valence-electron chi connectivity index (χ1n) is 6.49. The lowest BCUT2D eigenvalue weighted by atomic mass is 10.0. The summed E-state index contributed by atoms with van der Waals surface area (Å²) in [6.45, 7) is 4.83. The van der Waals surface area contributed by atoms with Crippen molar-refractivity contribution >= 4 is 0 Å². The maximum Gasteiger partial charge on any atom is 0.119 e. The molecular formula is C15H20N2O2. The summed E-state index contributed by atoms with van der Waals surface area (Å²) in [5.74, 6) is 0.761. The van der Waals surface area contributed by atoms with Gasteiger partial charge in [-0.2, -0.15) is 5.10 Å². The summed E-state index contributed by atoms with van der Waals surface area (Å²) in [6, 6.07) is 9.56. The first kappa shape index (κ1) is 13.6. The van der Waals surface area contributed by atoms with Crippen LogP contribution >= 0.6 is 0 Å². The van der Waals surface area contributed by atoms with E-state index in [0.717, 1.165) is 29.2 Å². The van der Waals surface area contributed by atoms with Gasteiger partial charge in [-0.1, -0.05) is 12.1 Å². The number of rotatable bonds is 5. The molecule has 2 rings (SSSR count). The average molecular weight is 260 g/mol. The predicted octanol–water partition coefficient (Wildman–Crippen LogP) is 2.50. The van der Waals surface area contributed by atoms with Crippen LogP contribution in [-0.2, 0) is 13.0 Å². The fraction of sp³-hybridized carbons (Fsp3) is 0.400. The van der Waals surface area contributed by atoms with Gasteiger partial charge in [-0.3, -0.25) is 4.68 Å². The van der Waals surface area contributed by atoms with Gasteiger partial charge in [-0.25, -0.2) is 0 Å². The van der Waals surface area contributed by atoms with Crippen molar-refractivity contribution < 1.29 is 9.84 Å². The summed E-state index contributed by atoms with van der Waals surface area (Å²) in [6.07, 6.45) is 0.0125. The van der Waals surface area contributed by atoms with E-state index in [9.17, 15) is 5.11 Å². The number of hydrogen-bond donors (Lipinski definition) is 1. The molecule has 2 aromatic rings. The van der Waals surface area contributed by atoms with Crippen LogP contribution in [0.1, 0.15) is 30.0 Å². The van der Waals surface area contributed by atoms with Gasteiger partial charge in [0.25, 0.3) is 0 Å². The lowest BCUT2D eigenvalue weighted by Gasteiger charge is -2.13. The Bertz CT molecular complexity index is 549. The van der Waals surface area contributed by atoms with E-state index in [4.69, 9.17) is 4.74 Å². The molecule has 0 saturated heterocycles. The summed E-state index contributed by atoms with van der Waals surface area (Å²) in [4.78, 5) is 0. The zero-order valence-corrected chi connectivity index (χ0v) is 11.6. The molecule has 0 amide bonds. The molecule has 0 bridgehead atoms. The second kappa shape index (κ2) is 5.89. The molecule has 1 aromatic carbocycles. The highest BCUT2D eigenvalue weighted by molar-refractivity contribution is 5.30. The van der Waals surface area contributed by atoms with Crippen molar-refractivity contribution in [3.8, 4) is 5.75 Å². The van der Waals surface area contributed by atoms with E-state index in [-0.39, 0.29) is 0 Å². The summed E-state index contributed by atoms with van der Waals surface area (Å²) < 4.78 is 7.10. The molecule has 0 aliphatic rings. The molecule has 4 heteroatoms. The number of ether oxygens (including phenoxy) is 1. The largest absolute Gasteiger partial charge is 0.497 e. The Morgan fingerprint density at radius 2 is 2.16 bits per heavy atom. The highest BCUT2D eigenvalue weighted by Crippen LogP contribution is 2.22. The molecule has 1 heterocycles. The van der Waals surface area contributed by atoms with Gasteiger partial charge in [0.05, 0.1) is 18.9 Å². The Hall–Kier alpha value is -1.81. The third-order valence-corrected chi connectivity index (χ3v) is 3.17. The topological polar surface area (TPSA) is 47.3 Å². The van der Waals surface area contributed by atoms with Crippen LogP contribution in [0.25, 0.3) is 0 Å². The first-order chi connectivity index (χ1) is 9.13. The smallest absolute Gasteiger partial charge is 0.119 e. The van der Waals surface area contributed by atoms with Gasteiger partial charge >= 0.3 is 0 Å². The van der Waals surface area contributed by atoms with E-state index in [0.29, 0.717) is 6.42 Å². The lowest BCUT2D eigenvalue weighted by molar-refractivity contribution is 0.175. The third-order valence-electron chi connectivity index (χ3n) is 3.17. The number of aromatic nitrogens is 2. The van der Waals surface area contributed by atoms with Crippen molar-refractivity contribution in [1.82, 2.24) is 9.78 Å². The van der Waals surface area contributed by atoms with E-state index >= 15 is 0 Å². The maximum atomic E-state index is 10.3. The molecular weight excluding hydrogens is 240 g/mol.